The van der Waals surface area contributed by atoms with Gasteiger partial charge in [0, 0.05) is 24.4 Å². The highest BCUT2D eigenvalue weighted by molar-refractivity contribution is 7.99. The van der Waals surface area contributed by atoms with Crippen LogP contribution in [0.4, 0.5) is 0 Å². The highest BCUT2D eigenvalue weighted by Gasteiger charge is 2.16. The van der Waals surface area contributed by atoms with Crippen molar-refractivity contribution in [2.24, 2.45) is 0 Å². The molecule has 146 valence electrons. The van der Waals surface area contributed by atoms with E-state index in [1.54, 1.807) is 18.9 Å². The quantitative estimate of drug-likeness (QED) is 0.719. The van der Waals surface area contributed by atoms with Gasteiger partial charge >= 0.3 is 0 Å². The van der Waals surface area contributed by atoms with Crippen molar-refractivity contribution in [1.29, 1.82) is 0 Å². The second-order valence-electron chi connectivity index (χ2n) is 6.89. The molecule has 5 nitrogen and oxygen atoms in total. The molecule has 0 atom stereocenters. The van der Waals surface area contributed by atoms with Crippen LogP contribution in [0.2, 0.25) is 0 Å². The first-order valence-electron chi connectivity index (χ1n) is 9.63. The smallest absolute Gasteiger partial charge is 0.232 e. The van der Waals surface area contributed by atoms with E-state index in [0.29, 0.717) is 17.4 Å². The van der Waals surface area contributed by atoms with E-state index in [-0.39, 0.29) is 5.91 Å². The monoisotopic (exact) mass is 388 g/mol. The summed E-state index contributed by atoms with van der Waals surface area (Å²) in [6.45, 7) is 3.74. The summed E-state index contributed by atoms with van der Waals surface area (Å²) in [4.78, 5) is 19.1. The standard InChI is InChI=1S/C21H28N2O3S/c1-16-19(22-21(26-16)17-8-10-18(25-2)11-9-17)14-27-15-20(24)23-12-6-4-3-5-7-13-23/h8-11H,3-7,12-15H2,1-2H3. The minimum Gasteiger partial charge on any atom is -0.497 e. The van der Waals surface area contributed by atoms with Crippen LogP contribution < -0.4 is 4.74 Å². The lowest BCUT2D eigenvalue weighted by Gasteiger charge is -2.24. The molecular formula is C21H28N2O3S. The van der Waals surface area contributed by atoms with Gasteiger partial charge in [-0.25, -0.2) is 4.98 Å². The normalized spacial score (nSPS) is 15.3. The SMILES string of the molecule is COc1ccc(-c2nc(CSCC(=O)N3CCCCCCC3)c(C)o2)cc1. The topological polar surface area (TPSA) is 55.6 Å². The molecule has 1 aromatic carbocycles. The molecule has 6 heteroatoms. The molecule has 2 aromatic rings. The highest BCUT2D eigenvalue weighted by Crippen LogP contribution is 2.26. The number of likely N-dealkylation sites (tertiary alicyclic amines) is 1. The Kier molecular flexibility index (Phi) is 7.21. The fourth-order valence-corrected chi connectivity index (χ4v) is 4.16. The maximum Gasteiger partial charge on any atom is 0.232 e. The van der Waals surface area contributed by atoms with Crippen LogP contribution in [0.25, 0.3) is 11.5 Å². The van der Waals surface area contributed by atoms with E-state index in [1.165, 1.54) is 19.3 Å². The van der Waals surface area contributed by atoms with Crippen molar-refractivity contribution in [2.75, 3.05) is 26.0 Å². The summed E-state index contributed by atoms with van der Waals surface area (Å²) in [5.74, 6) is 3.67. The van der Waals surface area contributed by atoms with Gasteiger partial charge in [-0.05, 0) is 44.0 Å². The number of hydrogen-bond acceptors (Lipinski definition) is 5. The Labute approximate surface area is 165 Å². The van der Waals surface area contributed by atoms with Crippen LogP contribution >= 0.6 is 11.8 Å². The average molecular weight is 389 g/mol. The number of carbonyl (C=O) groups excluding carboxylic acids is 1. The first kappa shape index (κ1) is 19.8. The maximum atomic E-state index is 12.5. The number of thioether (sulfide) groups is 1. The number of amides is 1. The summed E-state index contributed by atoms with van der Waals surface area (Å²) in [5.41, 5.74) is 1.83. The second-order valence-corrected chi connectivity index (χ2v) is 7.88. The lowest BCUT2D eigenvalue weighted by Crippen LogP contribution is -2.35. The molecular weight excluding hydrogens is 360 g/mol. The Morgan fingerprint density at radius 2 is 1.81 bits per heavy atom. The minimum atomic E-state index is 0.249. The Morgan fingerprint density at radius 1 is 1.15 bits per heavy atom. The zero-order valence-corrected chi connectivity index (χ0v) is 17.0. The van der Waals surface area contributed by atoms with Crippen molar-refractivity contribution in [3.63, 3.8) is 0 Å². The number of hydrogen-bond donors (Lipinski definition) is 0. The van der Waals surface area contributed by atoms with Gasteiger partial charge in [-0.15, -0.1) is 11.8 Å². The van der Waals surface area contributed by atoms with E-state index < -0.39 is 0 Å². The van der Waals surface area contributed by atoms with Gasteiger partial charge in [0.2, 0.25) is 11.8 Å². The molecule has 0 aliphatic carbocycles. The number of carbonyl (C=O) groups is 1. The van der Waals surface area contributed by atoms with Gasteiger partial charge in [-0.1, -0.05) is 19.3 Å². The number of oxazole rings is 1. The largest absolute Gasteiger partial charge is 0.497 e. The number of rotatable bonds is 6. The summed E-state index contributed by atoms with van der Waals surface area (Å²) in [7, 11) is 1.65. The van der Waals surface area contributed by atoms with E-state index >= 15 is 0 Å². The van der Waals surface area contributed by atoms with Crippen molar-refractivity contribution in [2.45, 2.75) is 44.8 Å². The molecule has 1 amide bonds. The van der Waals surface area contributed by atoms with Crippen molar-refractivity contribution < 1.29 is 13.9 Å². The van der Waals surface area contributed by atoms with E-state index in [1.807, 2.05) is 36.1 Å². The van der Waals surface area contributed by atoms with Crippen LogP contribution in [0.15, 0.2) is 28.7 Å². The molecule has 1 fully saturated rings. The van der Waals surface area contributed by atoms with Crippen molar-refractivity contribution in [1.82, 2.24) is 9.88 Å². The lowest BCUT2D eigenvalue weighted by atomic mass is 10.1. The van der Waals surface area contributed by atoms with E-state index in [4.69, 9.17) is 9.15 Å². The van der Waals surface area contributed by atoms with Crippen LogP contribution in [0, 0.1) is 6.92 Å². The van der Waals surface area contributed by atoms with Crippen LogP contribution in [-0.4, -0.2) is 41.7 Å². The van der Waals surface area contributed by atoms with Gasteiger partial charge in [0.05, 0.1) is 18.6 Å². The summed E-state index contributed by atoms with van der Waals surface area (Å²) in [6.07, 6.45) is 6.04. The Hall–Kier alpha value is -1.95. The molecule has 1 aliphatic heterocycles. The summed E-state index contributed by atoms with van der Waals surface area (Å²) < 4.78 is 11.0. The molecule has 2 heterocycles. The number of methoxy groups -OCH3 is 1. The maximum absolute atomic E-state index is 12.5. The third-order valence-corrected chi connectivity index (χ3v) is 5.83. The van der Waals surface area contributed by atoms with Gasteiger partial charge in [-0.2, -0.15) is 0 Å². The molecule has 0 radical (unpaired) electrons. The first-order valence-corrected chi connectivity index (χ1v) is 10.8. The number of ether oxygens (including phenoxy) is 1. The molecule has 0 bridgehead atoms. The summed E-state index contributed by atoms with van der Waals surface area (Å²) in [5, 5.41) is 0. The van der Waals surface area contributed by atoms with Crippen molar-refractivity contribution in [3.8, 4) is 17.2 Å². The van der Waals surface area contributed by atoms with Crippen LogP contribution in [0.3, 0.4) is 0 Å². The van der Waals surface area contributed by atoms with Gasteiger partial charge in [0.25, 0.3) is 0 Å². The van der Waals surface area contributed by atoms with Crippen molar-refractivity contribution in [3.05, 3.63) is 35.7 Å². The predicted octanol–water partition coefficient (Wildman–Crippen LogP) is 4.68. The Balaban J connectivity index is 1.53. The number of nitrogens with zero attached hydrogens (tertiary/aromatic N) is 2. The van der Waals surface area contributed by atoms with Gasteiger partial charge in [0.15, 0.2) is 0 Å². The van der Waals surface area contributed by atoms with Crippen LogP contribution in [-0.2, 0) is 10.5 Å². The average Bonchev–Trinajstić information content (AvgIpc) is 3.02. The summed E-state index contributed by atoms with van der Waals surface area (Å²) >= 11 is 1.62. The molecule has 3 rings (SSSR count). The molecule has 0 N–H and O–H groups in total. The number of aryl methyl sites for hydroxylation is 1. The zero-order valence-electron chi connectivity index (χ0n) is 16.2. The van der Waals surface area contributed by atoms with E-state index in [2.05, 4.69) is 4.98 Å². The summed E-state index contributed by atoms with van der Waals surface area (Å²) in [6, 6.07) is 7.66. The minimum absolute atomic E-state index is 0.249. The van der Waals surface area contributed by atoms with Gasteiger partial charge < -0.3 is 14.1 Å². The number of benzene rings is 1. The van der Waals surface area contributed by atoms with E-state index in [9.17, 15) is 4.79 Å². The highest BCUT2D eigenvalue weighted by atomic mass is 32.2. The fraction of sp³-hybridized carbons (Fsp3) is 0.524. The Bertz CT molecular complexity index is 734. The number of aromatic nitrogens is 1. The first-order chi connectivity index (χ1) is 13.2. The fourth-order valence-electron chi connectivity index (χ4n) is 3.24. The zero-order chi connectivity index (χ0) is 19.1. The van der Waals surface area contributed by atoms with Crippen molar-refractivity contribution >= 4 is 17.7 Å². The third kappa shape index (κ3) is 5.51. The molecule has 0 saturated carbocycles. The van der Waals surface area contributed by atoms with Crippen LogP contribution in [0.5, 0.6) is 5.75 Å². The predicted molar refractivity (Wildman–Crippen MR) is 109 cm³/mol. The Morgan fingerprint density at radius 3 is 2.48 bits per heavy atom. The van der Waals surface area contributed by atoms with Crippen LogP contribution in [0.1, 0.15) is 43.6 Å². The van der Waals surface area contributed by atoms with Gasteiger partial charge in [0.1, 0.15) is 11.5 Å². The molecule has 27 heavy (non-hydrogen) atoms. The third-order valence-electron chi connectivity index (χ3n) is 4.90. The molecule has 1 aromatic heterocycles. The van der Waals surface area contributed by atoms with Gasteiger partial charge in [-0.3, -0.25) is 4.79 Å². The molecule has 0 spiro atoms. The molecule has 1 aliphatic rings. The molecule has 1 saturated heterocycles. The second kappa shape index (κ2) is 9.83. The lowest BCUT2D eigenvalue weighted by molar-refractivity contribution is -0.128. The van der Waals surface area contributed by atoms with E-state index in [0.717, 1.165) is 48.7 Å². The molecule has 0 unspecified atom stereocenters.